The van der Waals surface area contributed by atoms with Gasteiger partial charge in [0.15, 0.2) is 0 Å². The number of methoxy groups -OCH3 is 1. The van der Waals surface area contributed by atoms with Crippen molar-refractivity contribution < 1.29 is 14.3 Å². The van der Waals surface area contributed by atoms with Crippen LogP contribution in [0.3, 0.4) is 0 Å². The molecule has 1 N–H and O–H groups in total. The summed E-state index contributed by atoms with van der Waals surface area (Å²) in [4.78, 5) is 32.5. The van der Waals surface area contributed by atoms with Crippen LogP contribution in [0.2, 0.25) is 0 Å². The first-order valence-electron chi connectivity index (χ1n) is 11.3. The lowest BCUT2D eigenvalue weighted by molar-refractivity contribution is -0.134. The quantitative estimate of drug-likeness (QED) is 0.681. The number of carbonyl (C=O) groups is 2. The van der Waals surface area contributed by atoms with Crippen LogP contribution in [0.1, 0.15) is 67.5 Å². The molecule has 172 valence electrons. The number of benzene rings is 1. The van der Waals surface area contributed by atoms with Gasteiger partial charge in [0.05, 0.1) is 17.8 Å². The number of thiazole rings is 1. The maximum atomic E-state index is 13.0. The van der Waals surface area contributed by atoms with E-state index < -0.39 is 0 Å². The first-order valence-corrected chi connectivity index (χ1v) is 12.1. The molecule has 1 aliphatic heterocycles. The van der Waals surface area contributed by atoms with E-state index in [9.17, 15) is 9.59 Å². The molecule has 0 spiro atoms. The summed E-state index contributed by atoms with van der Waals surface area (Å²) in [5, 5.41) is 5.75. The Morgan fingerprint density at radius 3 is 2.41 bits per heavy atom. The zero-order valence-electron chi connectivity index (χ0n) is 19.8. The van der Waals surface area contributed by atoms with Crippen molar-refractivity contribution in [1.82, 2.24) is 9.88 Å². The first-order chi connectivity index (χ1) is 15.1. The van der Waals surface area contributed by atoms with Crippen LogP contribution >= 0.6 is 11.3 Å². The second-order valence-corrected chi connectivity index (χ2v) is 11.0. The fourth-order valence-corrected chi connectivity index (χ4v) is 6.04. The summed E-state index contributed by atoms with van der Waals surface area (Å²) >= 11 is 1.53. The predicted octanol–water partition coefficient (Wildman–Crippen LogP) is 5.10. The number of rotatable bonds is 5. The van der Waals surface area contributed by atoms with Gasteiger partial charge >= 0.3 is 0 Å². The van der Waals surface area contributed by atoms with Crippen molar-refractivity contribution in [1.29, 1.82) is 0 Å². The third-order valence-corrected chi connectivity index (χ3v) is 8.88. The van der Waals surface area contributed by atoms with Crippen LogP contribution in [0.25, 0.3) is 0 Å². The average Bonchev–Trinajstić information content (AvgIpc) is 3.08. The number of anilines is 1. The van der Waals surface area contributed by atoms with Gasteiger partial charge in [-0.1, -0.05) is 39.8 Å². The molecule has 4 rings (SSSR count). The zero-order chi connectivity index (χ0) is 23.3. The molecule has 2 aromatic rings. The fourth-order valence-electron chi connectivity index (χ4n) is 5.07. The third-order valence-electron chi connectivity index (χ3n) is 7.87. The number of aromatic nitrogens is 1. The van der Waals surface area contributed by atoms with Crippen molar-refractivity contribution >= 4 is 28.8 Å². The maximum absolute atomic E-state index is 13.0. The van der Waals surface area contributed by atoms with Crippen molar-refractivity contribution in [3.8, 4) is 5.75 Å². The molecule has 1 aromatic heterocycles. The molecule has 0 unspecified atom stereocenters. The number of aryl methyl sites for hydroxylation is 1. The van der Waals surface area contributed by atoms with E-state index >= 15 is 0 Å². The van der Waals surface area contributed by atoms with Crippen LogP contribution in [0.5, 0.6) is 5.75 Å². The molecular formula is C25H33N3O3S. The Balaban J connectivity index is 1.37. The van der Waals surface area contributed by atoms with Crippen LogP contribution in [-0.2, 0) is 4.79 Å². The van der Waals surface area contributed by atoms with Gasteiger partial charge < -0.3 is 15.0 Å². The van der Waals surface area contributed by atoms with Gasteiger partial charge in [-0.05, 0) is 42.2 Å². The van der Waals surface area contributed by atoms with E-state index in [0.717, 1.165) is 36.5 Å². The monoisotopic (exact) mass is 455 g/mol. The number of hydrogen-bond acceptors (Lipinski definition) is 5. The first kappa shape index (κ1) is 22.8. The molecule has 32 heavy (non-hydrogen) atoms. The molecule has 1 saturated carbocycles. The van der Waals surface area contributed by atoms with E-state index in [1.807, 2.05) is 35.4 Å². The van der Waals surface area contributed by atoms with Gasteiger partial charge in [-0.3, -0.25) is 9.59 Å². The number of amides is 2. The lowest BCUT2D eigenvalue weighted by Crippen LogP contribution is -2.39. The molecular weight excluding hydrogens is 422 g/mol. The molecule has 1 aliphatic carbocycles. The zero-order valence-corrected chi connectivity index (χ0v) is 20.6. The van der Waals surface area contributed by atoms with E-state index in [4.69, 9.17) is 4.74 Å². The minimum absolute atomic E-state index is 0.0677. The molecule has 0 atom stereocenters. The van der Waals surface area contributed by atoms with E-state index in [0.29, 0.717) is 29.0 Å². The molecule has 0 radical (unpaired) electrons. The van der Waals surface area contributed by atoms with Crippen molar-refractivity contribution in [2.24, 2.45) is 16.7 Å². The molecule has 2 aliphatic rings. The van der Waals surface area contributed by atoms with Crippen molar-refractivity contribution in [2.75, 3.05) is 25.5 Å². The van der Waals surface area contributed by atoms with Crippen LogP contribution in [0.15, 0.2) is 23.6 Å². The Morgan fingerprint density at radius 1 is 1.16 bits per heavy atom. The molecule has 2 fully saturated rings. The summed E-state index contributed by atoms with van der Waals surface area (Å²) in [6.45, 7) is 12.2. The highest BCUT2D eigenvalue weighted by Gasteiger charge is 2.68. The van der Waals surface area contributed by atoms with E-state index in [1.54, 1.807) is 7.11 Å². The van der Waals surface area contributed by atoms with Gasteiger partial charge in [0, 0.05) is 30.3 Å². The summed E-state index contributed by atoms with van der Waals surface area (Å²) < 4.78 is 5.37. The summed E-state index contributed by atoms with van der Waals surface area (Å²) in [7, 11) is 1.59. The van der Waals surface area contributed by atoms with Crippen LogP contribution in [0, 0.1) is 23.7 Å². The molecule has 6 nitrogen and oxygen atoms in total. The summed E-state index contributed by atoms with van der Waals surface area (Å²) in [6.07, 6.45) is 1.78. The topological polar surface area (TPSA) is 71.5 Å². The molecule has 7 heteroatoms. The second kappa shape index (κ2) is 8.18. The number of para-hydroxylation sites is 1. The summed E-state index contributed by atoms with van der Waals surface area (Å²) in [5.41, 5.74) is 2.17. The van der Waals surface area contributed by atoms with E-state index in [1.165, 1.54) is 11.3 Å². The van der Waals surface area contributed by atoms with Crippen LogP contribution < -0.4 is 10.1 Å². The number of piperidine rings is 1. The van der Waals surface area contributed by atoms with Crippen LogP contribution in [-0.4, -0.2) is 41.9 Å². The van der Waals surface area contributed by atoms with Gasteiger partial charge in [-0.25, -0.2) is 4.98 Å². The smallest absolute Gasteiger partial charge is 0.275 e. The molecule has 2 amide bonds. The van der Waals surface area contributed by atoms with Crippen molar-refractivity contribution in [3.63, 3.8) is 0 Å². The lowest BCUT2D eigenvalue weighted by Gasteiger charge is -2.31. The number of nitrogens with zero attached hydrogens (tertiary/aromatic N) is 2. The molecule has 1 aromatic carbocycles. The van der Waals surface area contributed by atoms with Gasteiger partial charge in [-0.2, -0.15) is 0 Å². The van der Waals surface area contributed by atoms with Gasteiger partial charge in [0.1, 0.15) is 11.4 Å². The predicted molar refractivity (Wildman–Crippen MR) is 127 cm³/mol. The van der Waals surface area contributed by atoms with E-state index in [-0.39, 0.29) is 22.7 Å². The standard InChI is InChI=1S/C25H33N3O3S/c1-15-8-7-9-18(31-6)19(15)27-21(29)17-14-32-22(26-17)16-10-12-28(13-11-16)23(30)20-24(2,3)25(20,4)5/h7-9,14,16,20H,10-13H2,1-6H3,(H,27,29). The minimum atomic E-state index is -0.231. The molecule has 1 saturated heterocycles. The highest BCUT2D eigenvalue weighted by atomic mass is 32.1. The van der Waals surface area contributed by atoms with Gasteiger partial charge in [0.2, 0.25) is 5.91 Å². The Morgan fingerprint density at radius 2 is 1.81 bits per heavy atom. The maximum Gasteiger partial charge on any atom is 0.275 e. The Kier molecular flexibility index (Phi) is 5.82. The van der Waals surface area contributed by atoms with Gasteiger partial charge in [-0.15, -0.1) is 11.3 Å². The van der Waals surface area contributed by atoms with Gasteiger partial charge in [0.25, 0.3) is 5.91 Å². The van der Waals surface area contributed by atoms with Crippen molar-refractivity contribution in [2.45, 2.75) is 53.4 Å². The fraction of sp³-hybridized carbons (Fsp3) is 0.560. The van der Waals surface area contributed by atoms with Crippen LogP contribution in [0.4, 0.5) is 5.69 Å². The molecule has 2 heterocycles. The second-order valence-electron chi connectivity index (χ2n) is 10.2. The normalized spacial score (nSPS) is 20.1. The molecule has 0 bridgehead atoms. The number of hydrogen-bond donors (Lipinski definition) is 1. The number of nitrogens with one attached hydrogen (secondary N) is 1. The highest BCUT2D eigenvalue weighted by molar-refractivity contribution is 7.10. The number of ether oxygens (including phenoxy) is 1. The average molecular weight is 456 g/mol. The van der Waals surface area contributed by atoms with E-state index in [2.05, 4.69) is 38.0 Å². The summed E-state index contributed by atoms with van der Waals surface area (Å²) in [5.74, 6) is 1.10. The SMILES string of the molecule is COc1cccc(C)c1NC(=O)c1csc(C2CCN(C(=O)C3C(C)(C)C3(C)C)CC2)n1. The third kappa shape index (κ3) is 3.81. The Hall–Kier alpha value is -2.41. The highest BCUT2D eigenvalue weighted by Crippen LogP contribution is 2.68. The lowest BCUT2D eigenvalue weighted by atomic mass is 9.96. The summed E-state index contributed by atoms with van der Waals surface area (Å²) in [6, 6.07) is 5.66. The largest absolute Gasteiger partial charge is 0.495 e. The Labute approximate surface area is 194 Å². The minimum Gasteiger partial charge on any atom is -0.495 e. The number of likely N-dealkylation sites (tertiary alicyclic amines) is 1. The van der Waals surface area contributed by atoms with Crippen molar-refractivity contribution in [3.05, 3.63) is 39.8 Å². The Bertz CT molecular complexity index is 1020. The number of carbonyl (C=O) groups excluding carboxylic acids is 2.